The van der Waals surface area contributed by atoms with Gasteiger partial charge in [0.1, 0.15) is 0 Å². The maximum absolute atomic E-state index is 4.39. The van der Waals surface area contributed by atoms with Gasteiger partial charge in [-0.2, -0.15) is 0 Å². The van der Waals surface area contributed by atoms with Gasteiger partial charge in [-0.15, -0.1) is 0 Å². The van der Waals surface area contributed by atoms with E-state index >= 15 is 0 Å². The van der Waals surface area contributed by atoms with Gasteiger partial charge in [-0.05, 0) is 59.2 Å². The first-order valence-electron chi connectivity index (χ1n) is 45.1. The fourth-order valence-electron chi connectivity index (χ4n) is 14.4. The molecule has 12 rings (SSSR count). The van der Waals surface area contributed by atoms with Gasteiger partial charge in [-0.3, -0.25) is 0 Å². The van der Waals surface area contributed by atoms with Crippen LogP contribution in [0.15, 0.2) is 21.0 Å². The third-order valence-electron chi connectivity index (χ3n) is 22.2. The molecule has 0 aromatic carbocycles. The summed E-state index contributed by atoms with van der Waals surface area (Å²) in [6.45, 7) is 46.8. The Balaban J connectivity index is -0.0000000540. The largest absolute Gasteiger partial charge is 0.358 e. The summed E-state index contributed by atoms with van der Waals surface area (Å²) < 4.78 is 23.4. The molecule has 0 bridgehead atoms. The summed E-state index contributed by atoms with van der Waals surface area (Å²) in [4.78, 5) is 0. The molecule has 0 spiro atoms. The minimum Gasteiger partial charge on any atom is -0.358 e. The predicted molar refractivity (Wildman–Crippen MR) is 519 cm³/mol. The fourth-order valence-corrected chi connectivity index (χ4v) is 15.7. The van der Waals surface area contributed by atoms with Gasteiger partial charge in [0.15, 0.2) is 0 Å². The van der Waals surface area contributed by atoms with Crippen LogP contribution >= 0.6 is 0 Å². The molecule has 2 unspecified atom stereocenters. The van der Waals surface area contributed by atoms with Crippen LogP contribution in [-0.4, -0.2) is 37.8 Å². The molecule has 0 aromatic rings. The molecule has 115 heavy (non-hydrogen) atoms. The Morgan fingerprint density at radius 1 is 0.278 bits per heavy atom. The molecule has 12 heteroatoms. The summed E-state index contributed by atoms with van der Waals surface area (Å²) >= 11 is 10.6. The van der Waals surface area contributed by atoms with Crippen molar-refractivity contribution in [2.75, 3.05) is 20.1 Å². The maximum Gasteiger partial charge on any atom is -0.358 e. The van der Waals surface area contributed by atoms with E-state index < -0.39 is 0 Å². The van der Waals surface area contributed by atoms with Crippen LogP contribution in [0.1, 0.15) is 485 Å². The Labute approximate surface area is 807 Å². The van der Waals surface area contributed by atoms with Crippen molar-refractivity contribution in [3.8, 4) is 0 Å². The van der Waals surface area contributed by atoms with Crippen molar-refractivity contribution in [2.24, 2.45) is 86.1 Å². The summed E-state index contributed by atoms with van der Waals surface area (Å²) in [5.74, 6) is 11.2. The summed E-state index contributed by atoms with van der Waals surface area (Å²) in [5.41, 5.74) is 0.235. The zero-order valence-corrected chi connectivity index (χ0v) is 97.8. The SMILES string of the molecule is C1CCCC1.C1CCCC1.CC(C)[N]=[Mo].CC1CCCC1.CC1CCCC1.CC1CCCC1.CC1CCCC1.CC1CCCC1.CC1CCCC1.CC1CCCC1.CC1CCCC1.CC1CCCC1.CC1CCCC1.CCC(C)(CC(C)C)[N]=[Mo].CCC(C)[N]=[Mo].CCC[N]=[Mo].CC[N]=[Mo].C[N]=[Mo].[CH3-].[CH3-].[CH3-].[CH3-].[CH3-].[CH3-].[CH3-].[CH3-].[CH3-].[CH3-].[CH3-].[CH3-]. The normalized spacial score (nSPS) is 18.6. The van der Waals surface area contributed by atoms with E-state index in [1.54, 1.807) is 105 Å². The molecule has 6 nitrogen and oxygen atoms in total. The summed E-state index contributed by atoms with van der Waals surface area (Å²) in [7, 11) is 1.75. The average molecular weight is 2120 g/mol. The smallest absolute Gasteiger partial charge is 0.358 e. The number of nitrogens with zero attached hydrogens (tertiary/aromatic N) is 6. The molecule has 0 amide bonds. The van der Waals surface area contributed by atoms with Crippen molar-refractivity contribution in [3.63, 3.8) is 0 Å². The molecule has 12 aliphatic rings. The molecular formula is C103H224Mo6N6-12. The van der Waals surface area contributed by atoms with Gasteiger partial charge < -0.3 is 89.1 Å². The van der Waals surface area contributed by atoms with Crippen LogP contribution in [0, 0.1) is 154 Å². The molecule has 0 aromatic heterocycles. The van der Waals surface area contributed by atoms with Gasteiger partial charge in [0.2, 0.25) is 0 Å². The molecule has 0 radical (unpaired) electrons. The molecule has 12 saturated carbocycles. The standard InChI is InChI=1S/C8H17N.10C6H12.2C5H10.C4H9N.2C3H7N.C2H5N.CH3N.12CH3.6Mo/c1-5-8(4,9)6-7(2)3;10*1-6-4-2-3-5-6;2*1-2-4-5-3-1;1-3-4(2)5;1-3(2)4;1-2-3-4;1-2-3;1-2;;;;;;;;;;;;;;;;;;/h7H,5-6H2,1-4H3;10*6H,2-5H2,1H3;2*1-5H2;4H,3H2,1-2H3;3H,1-2H3;2-3H2,1H3;2H2,1H3;1H3;12*1H3;;;;;;/q;;;;;;;;;;;;;;;;;;12*-1;;;;;;. The first-order chi connectivity index (χ1) is 49.3. The Morgan fingerprint density at radius 2 is 0.426 bits per heavy atom. The fraction of sp³-hybridized carbons (Fsp3) is 0.883. The van der Waals surface area contributed by atoms with Gasteiger partial charge in [0.25, 0.3) is 0 Å². The Kier molecular flexibility index (Phi) is 183. The topological polar surface area (TPSA) is 74.2 Å². The van der Waals surface area contributed by atoms with Gasteiger partial charge >= 0.3 is 277 Å². The molecule has 714 valence electrons. The number of rotatable bonds is 10. The molecule has 12 fully saturated rings. The van der Waals surface area contributed by atoms with Crippen LogP contribution in [0.3, 0.4) is 0 Å². The molecule has 0 heterocycles. The summed E-state index contributed by atoms with van der Waals surface area (Å²) in [6.07, 6.45) is 79.2. The van der Waals surface area contributed by atoms with Crippen LogP contribution in [0.4, 0.5) is 0 Å². The Bertz CT molecular complexity index is 1370. The first-order valence-corrected chi connectivity index (χ1v) is 50.5. The van der Waals surface area contributed by atoms with E-state index in [0.29, 0.717) is 12.1 Å². The summed E-state index contributed by atoms with van der Waals surface area (Å²) in [6, 6.07) is 1.08. The summed E-state index contributed by atoms with van der Waals surface area (Å²) in [5, 5.41) is 0. The van der Waals surface area contributed by atoms with E-state index in [2.05, 4.69) is 153 Å². The van der Waals surface area contributed by atoms with Crippen molar-refractivity contribution in [2.45, 2.75) is 503 Å². The molecule has 0 saturated heterocycles. The Morgan fingerprint density at radius 3 is 0.452 bits per heavy atom. The molecule has 0 N–H and O–H groups in total. The Hall–Kier alpha value is 2.93. The van der Waals surface area contributed by atoms with Crippen LogP contribution in [-0.2, 0) is 118 Å². The number of hydrogen-bond donors (Lipinski definition) is 0. The van der Waals surface area contributed by atoms with E-state index in [1.807, 2.05) is 26.6 Å². The molecular weight excluding hydrogens is 1900 g/mol. The van der Waals surface area contributed by atoms with Crippen molar-refractivity contribution < 1.29 is 118 Å². The molecule has 2 atom stereocenters. The van der Waals surface area contributed by atoms with Crippen molar-refractivity contribution in [3.05, 3.63) is 89.1 Å². The minimum absolute atomic E-state index is 0. The van der Waals surface area contributed by atoms with Crippen molar-refractivity contribution >= 4 is 0 Å². The van der Waals surface area contributed by atoms with E-state index in [-0.39, 0.29) is 94.7 Å². The first kappa shape index (κ1) is 161. The minimum atomic E-state index is 0. The second-order valence-corrected chi connectivity index (χ2v) is 38.7. The van der Waals surface area contributed by atoms with E-state index in [1.165, 1.54) is 340 Å². The zero-order chi connectivity index (χ0) is 78.8. The third-order valence-corrected chi connectivity index (χ3v) is 26.3. The van der Waals surface area contributed by atoms with Gasteiger partial charge in [0.05, 0.1) is 0 Å². The third kappa shape index (κ3) is 146. The van der Waals surface area contributed by atoms with Crippen LogP contribution < -0.4 is 0 Å². The van der Waals surface area contributed by atoms with E-state index in [9.17, 15) is 0 Å². The maximum atomic E-state index is 4.39. The zero-order valence-electron chi connectivity index (χ0n) is 85.7. The monoisotopic (exact) mass is 2130 g/mol. The predicted octanol–water partition coefficient (Wildman–Crippen LogP) is 39.1. The van der Waals surface area contributed by atoms with E-state index in [4.69, 9.17) is 0 Å². The number of hydrogen-bond acceptors (Lipinski definition) is 6. The van der Waals surface area contributed by atoms with Gasteiger partial charge in [0, 0.05) is 0 Å². The molecule has 12 aliphatic carbocycles. The molecule has 0 aliphatic heterocycles. The van der Waals surface area contributed by atoms with Gasteiger partial charge in [-0.25, -0.2) is 0 Å². The van der Waals surface area contributed by atoms with Crippen LogP contribution in [0.2, 0.25) is 0 Å². The van der Waals surface area contributed by atoms with Crippen LogP contribution in [0.5, 0.6) is 0 Å². The van der Waals surface area contributed by atoms with Crippen LogP contribution in [0.25, 0.3) is 0 Å². The second kappa shape index (κ2) is 130. The quantitative estimate of drug-likeness (QED) is 0.154. The van der Waals surface area contributed by atoms with Gasteiger partial charge in [-0.1, -0.05) is 390 Å². The second-order valence-electron chi connectivity index (χ2n) is 35.0. The average Bonchev–Trinajstić information content (AvgIpc) is 1.92. The van der Waals surface area contributed by atoms with Crippen molar-refractivity contribution in [1.82, 2.24) is 0 Å². The van der Waals surface area contributed by atoms with E-state index in [0.717, 1.165) is 84.6 Å². The van der Waals surface area contributed by atoms with Crippen molar-refractivity contribution in [1.29, 1.82) is 0 Å².